The lowest BCUT2D eigenvalue weighted by Crippen LogP contribution is -2.59. The fraction of sp³-hybridized carbons (Fsp3) is 0.474. The van der Waals surface area contributed by atoms with Gasteiger partial charge in [0.1, 0.15) is 17.7 Å². The molecule has 2 aromatic carbocycles. The van der Waals surface area contributed by atoms with Crippen molar-refractivity contribution in [2.24, 2.45) is 11.8 Å². The minimum atomic E-state index is -1.32. The topological polar surface area (TPSA) is 117 Å². The number of carbonyl (C=O) groups is 4. The van der Waals surface area contributed by atoms with E-state index in [1.807, 2.05) is 44.2 Å². The number of anilines is 1. The van der Waals surface area contributed by atoms with Gasteiger partial charge in [0.25, 0.3) is 5.91 Å². The van der Waals surface area contributed by atoms with Crippen molar-refractivity contribution in [2.45, 2.75) is 81.9 Å². The van der Waals surface area contributed by atoms with Crippen LogP contribution in [0.5, 0.6) is 0 Å². The summed E-state index contributed by atoms with van der Waals surface area (Å²) in [6.07, 6.45) is 3.74. The Kier molecular flexibility index (Phi) is 11.3. The van der Waals surface area contributed by atoms with Crippen molar-refractivity contribution in [3.05, 3.63) is 90.5 Å². The first-order valence-electron chi connectivity index (χ1n) is 17.0. The number of esters is 1. The number of ether oxygens (including phenoxy) is 2. The van der Waals surface area contributed by atoms with Gasteiger partial charge < -0.3 is 29.3 Å². The zero-order valence-electron chi connectivity index (χ0n) is 28.4. The molecular weight excluding hydrogens is 646 g/mol. The van der Waals surface area contributed by atoms with E-state index in [-0.39, 0.29) is 25.5 Å². The number of benzene rings is 2. The maximum absolute atomic E-state index is 14.8. The number of nitrogens with zero attached hydrogens (tertiary/aromatic N) is 3. The third kappa shape index (κ3) is 6.54. The van der Waals surface area contributed by atoms with Gasteiger partial charge in [-0.3, -0.25) is 19.2 Å². The van der Waals surface area contributed by atoms with E-state index in [9.17, 15) is 24.3 Å². The summed E-state index contributed by atoms with van der Waals surface area (Å²) in [5.74, 6) is -3.61. The first kappa shape index (κ1) is 36.3. The first-order chi connectivity index (χ1) is 23.6. The number of halogens is 1. The van der Waals surface area contributed by atoms with Gasteiger partial charge in [-0.15, -0.1) is 13.2 Å². The maximum Gasteiger partial charge on any atom is 0.313 e. The Balaban J connectivity index is 1.52. The molecule has 3 aliphatic heterocycles. The predicted octanol–water partition coefficient (Wildman–Crippen LogP) is 5.10. The molecule has 0 aliphatic carbocycles. The number of carbonyl (C=O) groups excluding carboxylic acids is 4. The van der Waals surface area contributed by atoms with E-state index >= 15 is 0 Å². The van der Waals surface area contributed by atoms with Gasteiger partial charge in [-0.25, -0.2) is 0 Å². The molecule has 1 N–H and O–H groups in total. The van der Waals surface area contributed by atoms with Crippen LogP contribution in [0.3, 0.4) is 0 Å². The normalized spacial score (nSPS) is 25.7. The van der Waals surface area contributed by atoms with Gasteiger partial charge in [0.15, 0.2) is 0 Å². The lowest BCUT2D eigenvalue weighted by molar-refractivity contribution is -0.165. The molecule has 0 unspecified atom stereocenters. The van der Waals surface area contributed by atoms with Gasteiger partial charge in [0, 0.05) is 20.0 Å². The summed E-state index contributed by atoms with van der Waals surface area (Å²) in [6.45, 7) is 10.9. The zero-order valence-corrected chi connectivity index (χ0v) is 29.1. The number of aliphatic hydroxyl groups is 1. The largest absolute Gasteiger partial charge is 0.455 e. The molecule has 8 atom stereocenters. The number of allylic oxidation sites excluding steroid dienone is 1. The Bertz CT molecular complexity index is 1570. The summed E-state index contributed by atoms with van der Waals surface area (Å²) in [5, 5.41) is 10.8. The standard InChI is InChI=1S/C38H46ClN3O7/c1-6-9-19-30(44)40(5)24(4)33(25-15-11-10-12-16-25)48-37(47)31-29-20-21-38(49-29)32(31)35(45)42(26(8-3)23-43)34(38)36(46)41(22-7-2)28-18-14-13-17-27(28)39/h6-7,10-18,24,26,29,31-34,43H,1-2,8-9,19-23H2,3-5H3/t24-,26-,29+,31-,32-,33+,34+,38-/m0/s1. The molecule has 2 aromatic rings. The van der Waals surface area contributed by atoms with Crippen LogP contribution >= 0.6 is 11.6 Å². The van der Waals surface area contributed by atoms with E-state index in [4.69, 9.17) is 21.1 Å². The molecule has 0 saturated carbocycles. The Morgan fingerprint density at radius 1 is 1.14 bits per heavy atom. The van der Waals surface area contributed by atoms with Crippen molar-refractivity contribution >= 4 is 41.0 Å². The second-order valence-electron chi connectivity index (χ2n) is 13.1. The van der Waals surface area contributed by atoms with Gasteiger partial charge >= 0.3 is 5.97 Å². The Morgan fingerprint density at radius 3 is 2.47 bits per heavy atom. The molecule has 3 saturated heterocycles. The molecule has 11 heteroatoms. The molecule has 3 aliphatic rings. The Hall–Kier alpha value is -3.99. The molecule has 1 spiro atoms. The highest BCUT2D eigenvalue weighted by Gasteiger charge is 2.75. The van der Waals surface area contributed by atoms with Crippen LogP contribution in [-0.2, 0) is 28.7 Å². The highest BCUT2D eigenvalue weighted by Crippen LogP contribution is 2.59. The first-order valence-corrected chi connectivity index (χ1v) is 17.3. The van der Waals surface area contributed by atoms with Crippen LogP contribution in [0.15, 0.2) is 79.9 Å². The molecule has 3 amide bonds. The molecule has 5 rings (SSSR count). The van der Waals surface area contributed by atoms with Crippen LogP contribution < -0.4 is 4.90 Å². The van der Waals surface area contributed by atoms with E-state index in [2.05, 4.69) is 13.2 Å². The number of fused-ring (bicyclic) bond motifs is 1. The van der Waals surface area contributed by atoms with E-state index in [0.29, 0.717) is 42.0 Å². The molecule has 10 nitrogen and oxygen atoms in total. The highest BCUT2D eigenvalue weighted by atomic mass is 35.5. The third-order valence-corrected chi connectivity index (χ3v) is 10.7. The molecule has 3 heterocycles. The van der Waals surface area contributed by atoms with Gasteiger partial charge in [0.2, 0.25) is 11.8 Å². The average Bonchev–Trinajstić information content (AvgIpc) is 3.76. The van der Waals surface area contributed by atoms with Crippen molar-refractivity contribution in [1.82, 2.24) is 9.80 Å². The fourth-order valence-corrected chi connectivity index (χ4v) is 8.06. The molecule has 3 fully saturated rings. The van der Waals surface area contributed by atoms with Gasteiger partial charge in [-0.05, 0) is 50.3 Å². The quantitative estimate of drug-likeness (QED) is 0.204. The number of hydrogen-bond acceptors (Lipinski definition) is 7. The Morgan fingerprint density at radius 2 is 1.84 bits per heavy atom. The summed E-state index contributed by atoms with van der Waals surface area (Å²) in [5.41, 5.74) is -0.172. The summed E-state index contributed by atoms with van der Waals surface area (Å²) in [6, 6.07) is 13.8. The highest BCUT2D eigenvalue weighted by molar-refractivity contribution is 6.34. The van der Waals surface area contributed by atoms with Crippen molar-refractivity contribution < 1.29 is 33.8 Å². The minimum Gasteiger partial charge on any atom is -0.455 e. The Labute approximate surface area is 293 Å². The van der Waals surface area contributed by atoms with E-state index in [1.165, 1.54) is 9.80 Å². The summed E-state index contributed by atoms with van der Waals surface area (Å²) in [4.78, 5) is 61.2. The van der Waals surface area contributed by atoms with E-state index < -0.39 is 65.6 Å². The number of hydrogen-bond donors (Lipinski definition) is 1. The lowest BCUT2D eigenvalue weighted by atomic mass is 9.70. The van der Waals surface area contributed by atoms with E-state index in [0.717, 1.165) is 0 Å². The van der Waals surface area contributed by atoms with Gasteiger partial charge in [-0.1, -0.05) is 73.1 Å². The van der Waals surface area contributed by atoms with Gasteiger partial charge in [-0.2, -0.15) is 0 Å². The number of para-hydroxylation sites is 1. The van der Waals surface area contributed by atoms with Crippen LogP contribution in [0.25, 0.3) is 0 Å². The molecule has 2 bridgehead atoms. The SMILES string of the molecule is C=CCCC(=O)N(C)[C@@H](C)[C@@H](OC(=O)[C@@H]1[C@H]2C(=O)N([C@@H](CC)CO)[C@H](C(=O)N(CC=C)c3ccccc3Cl)[C@]23CC[C@H]1O3)c1ccccc1. The number of likely N-dealkylation sites (N-methyl/N-ethyl adjacent to an activating group) is 1. The van der Waals surface area contributed by atoms with Crippen LogP contribution in [0, 0.1) is 11.8 Å². The zero-order chi connectivity index (χ0) is 35.5. The predicted molar refractivity (Wildman–Crippen MR) is 187 cm³/mol. The second kappa shape index (κ2) is 15.3. The van der Waals surface area contributed by atoms with Crippen molar-refractivity contribution in [1.29, 1.82) is 0 Å². The third-order valence-electron chi connectivity index (χ3n) is 10.4. The molecule has 0 aromatic heterocycles. The molecule has 262 valence electrons. The van der Waals surface area contributed by atoms with E-state index in [1.54, 1.807) is 48.4 Å². The number of rotatable bonds is 15. The maximum atomic E-state index is 14.8. The fourth-order valence-electron chi connectivity index (χ4n) is 7.82. The minimum absolute atomic E-state index is 0.113. The van der Waals surface area contributed by atoms with Crippen molar-refractivity contribution in [3.8, 4) is 0 Å². The average molecular weight is 692 g/mol. The van der Waals surface area contributed by atoms with Crippen molar-refractivity contribution in [3.63, 3.8) is 0 Å². The summed E-state index contributed by atoms with van der Waals surface area (Å²) in [7, 11) is 1.68. The molecule has 0 radical (unpaired) electrons. The van der Waals surface area contributed by atoms with Crippen LogP contribution in [0.1, 0.15) is 57.6 Å². The summed E-state index contributed by atoms with van der Waals surface area (Å²) < 4.78 is 12.9. The van der Waals surface area contributed by atoms with Crippen LogP contribution in [0.2, 0.25) is 5.02 Å². The molecular formula is C38H46ClN3O7. The smallest absolute Gasteiger partial charge is 0.313 e. The number of amides is 3. The number of aliphatic hydroxyl groups excluding tert-OH is 1. The molecule has 49 heavy (non-hydrogen) atoms. The summed E-state index contributed by atoms with van der Waals surface area (Å²) >= 11 is 6.56. The number of likely N-dealkylation sites (tertiary alicyclic amines) is 1. The van der Waals surface area contributed by atoms with Crippen LogP contribution in [0.4, 0.5) is 5.69 Å². The second-order valence-corrected chi connectivity index (χ2v) is 13.5. The van der Waals surface area contributed by atoms with Crippen LogP contribution in [-0.4, -0.2) is 88.6 Å². The monoisotopic (exact) mass is 691 g/mol. The lowest BCUT2D eigenvalue weighted by Gasteiger charge is -2.39. The van der Waals surface area contributed by atoms with Gasteiger partial charge in [0.05, 0.1) is 47.3 Å². The van der Waals surface area contributed by atoms with Crippen molar-refractivity contribution in [2.75, 3.05) is 25.1 Å².